The molecule has 1 N–H and O–H groups in total. The van der Waals surface area contributed by atoms with E-state index in [1.807, 2.05) is 19.9 Å². The van der Waals surface area contributed by atoms with Crippen molar-refractivity contribution in [1.29, 1.82) is 0 Å². The molecule has 1 saturated heterocycles. The van der Waals surface area contributed by atoms with Crippen LogP contribution < -0.4 is 5.32 Å². The lowest BCUT2D eigenvalue weighted by atomic mass is 10.3. The van der Waals surface area contributed by atoms with Gasteiger partial charge in [-0.15, -0.1) is 0 Å². The van der Waals surface area contributed by atoms with Crippen LogP contribution in [0.25, 0.3) is 6.08 Å². The van der Waals surface area contributed by atoms with Gasteiger partial charge in [-0.25, -0.2) is 0 Å². The normalized spacial score (nSPS) is 18.7. The van der Waals surface area contributed by atoms with Crippen LogP contribution >= 0.6 is 24.0 Å². The first-order valence-corrected chi connectivity index (χ1v) is 5.60. The maximum atomic E-state index is 11.4. The van der Waals surface area contributed by atoms with Gasteiger partial charge in [0.2, 0.25) is 0 Å². The van der Waals surface area contributed by atoms with Crippen molar-refractivity contribution < 1.29 is 9.21 Å². The number of thiocarbonyl (C=S) groups is 1. The fourth-order valence-electron chi connectivity index (χ4n) is 1.22. The third kappa shape index (κ3) is 2.13. The summed E-state index contributed by atoms with van der Waals surface area (Å²) in [6.07, 6.45) is 1.71. The minimum atomic E-state index is -0.156. The molecule has 0 saturated carbocycles. The molecular weight excluding hydrogens is 230 g/mol. The summed E-state index contributed by atoms with van der Waals surface area (Å²) in [5, 5.41) is 2.55. The number of nitrogens with one attached hydrogen (secondary N) is 1. The molecule has 2 heterocycles. The monoisotopic (exact) mass is 239 g/mol. The molecule has 15 heavy (non-hydrogen) atoms. The SMILES string of the molecule is Cc1cc(/C=C2\SC(=S)NC2=O)oc1C. The van der Waals surface area contributed by atoms with Crippen LogP contribution in [0.3, 0.4) is 0 Å². The largest absolute Gasteiger partial charge is 0.462 e. The summed E-state index contributed by atoms with van der Waals surface area (Å²) in [7, 11) is 0. The average molecular weight is 239 g/mol. The summed E-state index contributed by atoms with van der Waals surface area (Å²) < 4.78 is 5.94. The predicted octanol–water partition coefficient (Wildman–Crippen LogP) is 2.39. The number of amides is 1. The molecule has 0 bridgehead atoms. The molecule has 3 nitrogen and oxygen atoms in total. The third-order valence-corrected chi connectivity index (χ3v) is 3.26. The van der Waals surface area contributed by atoms with Gasteiger partial charge >= 0.3 is 0 Å². The summed E-state index contributed by atoms with van der Waals surface area (Å²) in [6.45, 7) is 3.86. The summed E-state index contributed by atoms with van der Waals surface area (Å²) in [4.78, 5) is 11.9. The van der Waals surface area contributed by atoms with Crippen molar-refractivity contribution in [2.24, 2.45) is 0 Å². The lowest BCUT2D eigenvalue weighted by molar-refractivity contribution is -0.115. The Labute approximate surface area is 96.9 Å². The molecule has 0 aliphatic carbocycles. The Morgan fingerprint density at radius 3 is 2.73 bits per heavy atom. The highest BCUT2D eigenvalue weighted by Crippen LogP contribution is 2.27. The van der Waals surface area contributed by atoms with Gasteiger partial charge in [-0.05, 0) is 25.5 Å². The molecule has 1 aromatic heterocycles. The van der Waals surface area contributed by atoms with E-state index >= 15 is 0 Å². The van der Waals surface area contributed by atoms with Crippen LogP contribution in [0.4, 0.5) is 0 Å². The van der Waals surface area contributed by atoms with Gasteiger partial charge in [-0.2, -0.15) is 0 Å². The van der Waals surface area contributed by atoms with E-state index in [4.69, 9.17) is 16.6 Å². The first-order chi connectivity index (χ1) is 7.06. The maximum Gasteiger partial charge on any atom is 0.263 e. The molecule has 0 unspecified atom stereocenters. The van der Waals surface area contributed by atoms with E-state index < -0.39 is 0 Å². The van der Waals surface area contributed by atoms with E-state index in [1.165, 1.54) is 11.8 Å². The molecule has 2 rings (SSSR count). The van der Waals surface area contributed by atoms with Crippen molar-refractivity contribution in [2.45, 2.75) is 13.8 Å². The number of carbonyl (C=O) groups excluding carboxylic acids is 1. The van der Waals surface area contributed by atoms with Gasteiger partial charge < -0.3 is 9.73 Å². The molecule has 1 aliphatic rings. The summed E-state index contributed by atoms with van der Waals surface area (Å²) >= 11 is 6.14. The summed E-state index contributed by atoms with van der Waals surface area (Å²) in [5.74, 6) is 1.40. The number of hydrogen-bond donors (Lipinski definition) is 1. The predicted molar refractivity (Wildman–Crippen MR) is 64.5 cm³/mol. The van der Waals surface area contributed by atoms with E-state index in [0.717, 1.165) is 11.3 Å². The molecule has 1 fully saturated rings. The summed E-state index contributed by atoms with van der Waals surface area (Å²) in [6, 6.07) is 1.90. The first-order valence-electron chi connectivity index (χ1n) is 4.38. The van der Waals surface area contributed by atoms with Crippen LogP contribution in [0, 0.1) is 13.8 Å². The van der Waals surface area contributed by atoms with Crippen molar-refractivity contribution in [1.82, 2.24) is 5.32 Å². The Morgan fingerprint density at radius 1 is 1.53 bits per heavy atom. The molecule has 1 aromatic rings. The second-order valence-electron chi connectivity index (χ2n) is 3.24. The Hall–Kier alpha value is -1.07. The second-order valence-corrected chi connectivity index (χ2v) is 4.96. The van der Waals surface area contributed by atoms with Gasteiger partial charge in [0.05, 0.1) is 4.91 Å². The number of hydrogen-bond acceptors (Lipinski definition) is 4. The number of thioether (sulfide) groups is 1. The zero-order valence-corrected chi connectivity index (χ0v) is 9.92. The zero-order valence-electron chi connectivity index (χ0n) is 8.29. The number of rotatable bonds is 1. The van der Waals surface area contributed by atoms with Gasteiger partial charge in [0.1, 0.15) is 15.8 Å². The Morgan fingerprint density at radius 2 is 2.27 bits per heavy atom. The number of furan rings is 1. The van der Waals surface area contributed by atoms with E-state index in [1.54, 1.807) is 6.08 Å². The fraction of sp³-hybridized carbons (Fsp3) is 0.200. The van der Waals surface area contributed by atoms with Crippen LogP contribution in [-0.4, -0.2) is 10.2 Å². The maximum absolute atomic E-state index is 11.4. The van der Waals surface area contributed by atoms with Crippen molar-refractivity contribution >= 4 is 40.3 Å². The molecule has 0 aromatic carbocycles. The minimum Gasteiger partial charge on any atom is -0.462 e. The first kappa shape index (κ1) is 10.4. The van der Waals surface area contributed by atoms with Gasteiger partial charge in [0, 0.05) is 6.08 Å². The second kappa shape index (κ2) is 3.83. The van der Waals surface area contributed by atoms with Crippen molar-refractivity contribution in [3.63, 3.8) is 0 Å². The van der Waals surface area contributed by atoms with Gasteiger partial charge in [0.25, 0.3) is 5.91 Å². The molecule has 78 valence electrons. The van der Waals surface area contributed by atoms with Crippen LogP contribution in [-0.2, 0) is 4.79 Å². The van der Waals surface area contributed by atoms with Crippen LogP contribution in [0.2, 0.25) is 0 Å². The fourth-order valence-corrected chi connectivity index (χ4v) is 2.25. The van der Waals surface area contributed by atoms with E-state index in [9.17, 15) is 4.79 Å². The highest BCUT2D eigenvalue weighted by atomic mass is 32.2. The van der Waals surface area contributed by atoms with E-state index in [0.29, 0.717) is 15.0 Å². The van der Waals surface area contributed by atoms with Gasteiger partial charge in [-0.1, -0.05) is 24.0 Å². The van der Waals surface area contributed by atoms with Crippen molar-refractivity contribution in [2.75, 3.05) is 0 Å². The quantitative estimate of drug-likeness (QED) is 0.603. The number of aryl methyl sites for hydroxylation is 2. The Balaban J connectivity index is 2.30. The highest BCUT2D eigenvalue weighted by Gasteiger charge is 2.22. The van der Waals surface area contributed by atoms with E-state index in [-0.39, 0.29) is 5.91 Å². The lowest BCUT2D eigenvalue weighted by Gasteiger charge is -1.88. The Bertz CT molecular complexity index is 454. The molecular formula is C10H9NO2S2. The van der Waals surface area contributed by atoms with Gasteiger partial charge in [0.15, 0.2) is 0 Å². The molecule has 5 heteroatoms. The lowest BCUT2D eigenvalue weighted by Crippen LogP contribution is -2.17. The van der Waals surface area contributed by atoms with Crippen LogP contribution in [0.1, 0.15) is 17.1 Å². The van der Waals surface area contributed by atoms with Crippen LogP contribution in [0.5, 0.6) is 0 Å². The minimum absolute atomic E-state index is 0.156. The van der Waals surface area contributed by atoms with Crippen LogP contribution in [0.15, 0.2) is 15.4 Å². The van der Waals surface area contributed by atoms with E-state index in [2.05, 4.69) is 5.32 Å². The average Bonchev–Trinajstić information content (AvgIpc) is 2.59. The van der Waals surface area contributed by atoms with Gasteiger partial charge in [-0.3, -0.25) is 4.79 Å². The molecule has 1 aliphatic heterocycles. The molecule has 0 atom stereocenters. The van der Waals surface area contributed by atoms with Crippen molar-refractivity contribution in [3.8, 4) is 0 Å². The standard InChI is InChI=1S/C10H9NO2S2/c1-5-3-7(13-6(5)2)4-8-9(12)11-10(14)15-8/h3-4H,1-2H3,(H,11,12,14)/b8-4-. The molecule has 1 amide bonds. The summed E-state index contributed by atoms with van der Waals surface area (Å²) in [5.41, 5.74) is 1.08. The smallest absolute Gasteiger partial charge is 0.263 e. The van der Waals surface area contributed by atoms with Crippen molar-refractivity contribution in [3.05, 3.63) is 28.1 Å². The molecule has 0 spiro atoms. The third-order valence-electron chi connectivity index (χ3n) is 2.10. The topological polar surface area (TPSA) is 42.2 Å². The zero-order chi connectivity index (χ0) is 11.0. The number of carbonyl (C=O) groups is 1. The highest BCUT2D eigenvalue weighted by molar-refractivity contribution is 8.26. The Kier molecular flexibility index (Phi) is 2.67. The molecule has 0 radical (unpaired) electrons.